The topological polar surface area (TPSA) is 77.7 Å². The minimum atomic E-state index is -0.298. The molecule has 0 saturated carbocycles. The molecular formula is C25H31ClN4O3. The van der Waals surface area contributed by atoms with Crippen molar-refractivity contribution < 1.29 is 9.53 Å². The van der Waals surface area contributed by atoms with Crippen molar-refractivity contribution in [2.45, 2.75) is 26.8 Å². The molecule has 176 valence electrons. The molecule has 1 heterocycles. The van der Waals surface area contributed by atoms with Crippen molar-refractivity contribution >= 4 is 34.2 Å². The van der Waals surface area contributed by atoms with Gasteiger partial charge in [0.1, 0.15) is 5.75 Å². The summed E-state index contributed by atoms with van der Waals surface area (Å²) in [5.74, 6) is 0.702. The summed E-state index contributed by atoms with van der Waals surface area (Å²) in [6.07, 6.45) is 0.789. The molecule has 0 aliphatic rings. The maximum atomic E-state index is 13.2. The summed E-state index contributed by atoms with van der Waals surface area (Å²) in [6, 6.07) is 14.1. The lowest BCUT2D eigenvalue weighted by Crippen LogP contribution is -2.38. The van der Waals surface area contributed by atoms with Gasteiger partial charge in [-0.2, -0.15) is 0 Å². The van der Waals surface area contributed by atoms with E-state index in [1.165, 1.54) is 0 Å². The van der Waals surface area contributed by atoms with Crippen LogP contribution in [0, 0.1) is 0 Å². The fourth-order valence-electron chi connectivity index (χ4n) is 3.71. The zero-order valence-electron chi connectivity index (χ0n) is 19.4. The van der Waals surface area contributed by atoms with Crippen LogP contribution in [0.5, 0.6) is 5.75 Å². The number of urea groups is 1. The van der Waals surface area contributed by atoms with Crippen LogP contribution in [0.25, 0.3) is 10.9 Å². The maximum absolute atomic E-state index is 13.2. The number of anilines is 1. The van der Waals surface area contributed by atoms with Gasteiger partial charge < -0.3 is 24.8 Å². The predicted molar refractivity (Wildman–Crippen MR) is 134 cm³/mol. The lowest BCUT2D eigenvalue weighted by molar-refractivity contribution is 0.202. The van der Waals surface area contributed by atoms with Crippen LogP contribution in [0.3, 0.4) is 0 Å². The smallest absolute Gasteiger partial charge is 0.322 e. The summed E-state index contributed by atoms with van der Waals surface area (Å²) in [7, 11) is 1.60. The molecule has 8 heteroatoms. The minimum absolute atomic E-state index is 0.178. The number of amides is 2. The number of fused-ring (bicyclic) bond motifs is 1. The van der Waals surface area contributed by atoms with Gasteiger partial charge in [0, 0.05) is 23.0 Å². The average Bonchev–Trinajstić information content (AvgIpc) is 2.82. The van der Waals surface area contributed by atoms with Crippen molar-refractivity contribution in [1.29, 1.82) is 0 Å². The first kappa shape index (κ1) is 24.6. The molecule has 0 bridgehead atoms. The number of carbonyl (C=O) groups excluding carboxylic acids is 1. The molecule has 0 radical (unpaired) electrons. The van der Waals surface area contributed by atoms with Gasteiger partial charge in [0.15, 0.2) is 0 Å². The van der Waals surface area contributed by atoms with E-state index in [9.17, 15) is 9.59 Å². The lowest BCUT2D eigenvalue weighted by atomic mass is 10.1. The number of H-pyrrole nitrogens is 1. The van der Waals surface area contributed by atoms with Crippen molar-refractivity contribution in [3.05, 3.63) is 69.5 Å². The van der Waals surface area contributed by atoms with E-state index in [4.69, 9.17) is 16.3 Å². The third kappa shape index (κ3) is 6.49. The molecule has 2 aromatic carbocycles. The Morgan fingerprint density at radius 3 is 2.55 bits per heavy atom. The molecule has 1 aromatic heterocycles. The number of carbonyl (C=O) groups is 1. The van der Waals surface area contributed by atoms with Gasteiger partial charge in [0.05, 0.1) is 24.4 Å². The van der Waals surface area contributed by atoms with Crippen LogP contribution in [-0.4, -0.2) is 54.1 Å². The van der Waals surface area contributed by atoms with Crippen LogP contribution in [-0.2, 0) is 6.54 Å². The van der Waals surface area contributed by atoms with Gasteiger partial charge in [-0.1, -0.05) is 37.6 Å². The van der Waals surface area contributed by atoms with Gasteiger partial charge in [-0.3, -0.25) is 4.79 Å². The van der Waals surface area contributed by atoms with Crippen molar-refractivity contribution in [2.24, 2.45) is 0 Å². The number of benzene rings is 2. The molecule has 0 spiro atoms. The SMILES string of the molecule is CCN(CC)CCCN(Cc1cc2cc(OC)ccc2[nH]c1=O)C(=O)Nc1ccccc1Cl. The molecule has 2 N–H and O–H groups in total. The van der Waals surface area contributed by atoms with Gasteiger partial charge in [0.2, 0.25) is 0 Å². The van der Waals surface area contributed by atoms with Crippen molar-refractivity contribution in [2.75, 3.05) is 38.6 Å². The second kappa shape index (κ2) is 11.7. The Kier molecular flexibility index (Phi) is 8.74. The van der Waals surface area contributed by atoms with Crippen LogP contribution >= 0.6 is 11.6 Å². The highest BCUT2D eigenvalue weighted by Crippen LogP contribution is 2.22. The number of rotatable bonds is 10. The number of para-hydroxylation sites is 1. The number of aromatic nitrogens is 1. The van der Waals surface area contributed by atoms with E-state index in [0.717, 1.165) is 37.0 Å². The molecule has 0 saturated heterocycles. The number of ether oxygens (including phenoxy) is 1. The summed E-state index contributed by atoms with van der Waals surface area (Å²) in [6.45, 7) is 7.69. The molecule has 0 aliphatic carbocycles. The zero-order valence-corrected chi connectivity index (χ0v) is 20.1. The van der Waals surface area contributed by atoms with Crippen molar-refractivity contribution in [3.63, 3.8) is 0 Å². The van der Waals surface area contributed by atoms with E-state index < -0.39 is 0 Å². The molecule has 3 aromatic rings. The van der Waals surface area contributed by atoms with E-state index in [-0.39, 0.29) is 18.1 Å². The number of aromatic amines is 1. The third-order valence-electron chi connectivity index (χ3n) is 5.69. The third-order valence-corrected chi connectivity index (χ3v) is 6.02. The van der Waals surface area contributed by atoms with Gasteiger partial charge in [-0.05, 0) is 62.5 Å². The van der Waals surface area contributed by atoms with Crippen molar-refractivity contribution in [3.8, 4) is 5.75 Å². The van der Waals surface area contributed by atoms with Crippen LogP contribution < -0.4 is 15.6 Å². The van der Waals surface area contributed by atoms with E-state index in [2.05, 4.69) is 29.0 Å². The Labute approximate surface area is 199 Å². The summed E-state index contributed by atoms with van der Waals surface area (Å²) in [5, 5.41) is 4.19. The largest absolute Gasteiger partial charge is 0.497 e. The molecule has 33 heavy (non-hydrogen) atoms. The maximum Gasteiger partial charge on any atom is 0.322 e. The van der Waals surface area contributed by atoms with Gasteiger partial charge in [0.25, 0.3) is 5.56 Å². The van der Waals surface area contributed by atoms with Gasteiger partial charge >= 0.3 is 6.03 Å². The first-order valence-electron chi connectivity index (χ1n) is 11.2. The number of pyridine rings is 1. The summed E-state index contributed by atoms with van der Waals surface area (Å²) < 4.78 is 5.30. The van der Waals surface area contributed by atoms with E-state index in [0.29, 0.717) is 28.6 Å². The fourth-order valence-corrected chi connectivity index (χ4v) is 3.90. The lowest BCUT2D eigenvalue weighted by Gasteiger charge is -2.25. The molecule has 0 unspecified atom stereocenters. The summed E-state index contributed by atoms with van der Waals surface area (Å²) in [4.78, 5) is 32.8. The highest BCUT2D eigenvalue weighted by Gasteiger charge is 2.18. The standard InChI is InChI=1S/C25H31ClN4O3/c1-4-29(5-2)13-8-14-30(25(32)28-23-10-7-6-9-21(23)26)17-19-15-18-16-20(33-3)11-12-22(18)27-24(19)31/h6-7,9-12,15-16H,4-5,8,13-14,17H2,1-3H3,(H,27,31)(H,28,32). The summed E-state index contributed by atoms with van der Waals surface area (Å²) in [5.41, 5.74) is 1.55. The number of methoxy groups -OCH3 is 1. The van der Waals surface area contributed by atoms with Gasteiger partial charge in [-0.25, -0.2) is 4.79 Å². The molecular weight excluding hydrogens is 440 g/mol. The molecule has 0 aliphatic heterocycles. The van der Waals surface area contributed by atoms with Crippen LogP contribution in [0.15, 0.2) is 53.3 Å². The number of nitrogens with zero attached hydrogens (tertiary/aromatic N) is 2. The Hall–Kier alpha value is -3.03. The normalized spacial score (nSPS) is 11.1. The zero-order chi connectivity index (χ0) is 23.8. The average molecular weight is 471 g/mol. The second-order valence-electron chi connectivity index (χ2n) is 7.79. The highest BCUT2D eigenvalue weighted by molar-refractivity contribution is 6.33. The minimum Gasteiger partial charge on any atom is -0.497 e. The van der Waals surface area contributed by atoms with E-state index in [1.54, 1.807) is 30.2 Å². The second-order valence-corrected chi connectivity index (χ2v) is 8.20. The van der Waals surface area contributed by atoms with E-state index in [1.807, 2.05) is 30.3 Å². The number of halogens is 1. The molecule has 2 amide bonds. The number of hydrogen-bond acceptors (Lipinski definition) is 4. The Balaban J connectivity index is 1.84. The van der Waals surface area contributed by atoms with Crippen LogP contribution in [0.4, 0.5) is 10.5 Å². The Morgan fingerprint density at radius 2 is 1.85 bits per heavy atom. The molecule has 0 atom stereocenters. The highest BCUT2D eigenvalue weighted by atomic mass is 35.5. The molecule has 0 fully saturated rings. The number of nitrogens with one attached hydrogen (secondary N) is 2. The fraction of sp³-hybridized carbons (Fsp3) is 0.360. The predicted octanol–water partition coefficient (Wildman–Crippen LogP) is 4.96. The van der Waals surface area contributed by atoms with Crippen molar-refractivity contribution in [1.82, 2.24) is 14.8 Å². The monoisotopic (exact) mass is 470 g/mol. The van der Waals surface area contributed by atoms with Crippen LogP contribution in [0.1, 0.15) is 25.8 Å². The van der Waals surface area contributed by atoms with E-state index >= 15 is 0 Å². The van der Waals surface area contributed by atoms with Gasteiger partial charge in [-0.15, -0.1) is 0 Å². The first-order chi connectivity index (χ1) is 15.9. The molecule has 3 rings (SSSR count). The molecule has 7 nitrogen and oxygen atoms in total. The first-order valence-corrected chi connectivity index (χ1v) is 11.6. The number of hydrogen-bond donors (Lipinski definition) is 2. The quantitative estimate of drug-likeness (QED) is 0.439. The Bertz CT molecular complexity index is 1140. The van der Waals surface area contributed by atoms with Crippen LogP contribution in [0.2, 0.25) is 5.02 Å². The Morgan fingerprint density at radius 1 is 1.09 bits per heavy atom. The summed E-state index contributed by atoms with van der Waals surface area (Å²) >= 11 is 6.23.